The maximum absolute atomic E-state index is 12.1. The third-order valence-corrected chi connectivity index (χ3v) is 2.16. The zero-order valence-corrected chi connectivity index (χ0v) is 9.04. The van der Waals surface area contributed by atoms with Gasteiger partial charge < -0.3 is 9.84 Å². The molecule has 1 aromatic carbocycles. The minimum Gasteiger partial charge on any atom is -0.478 e. The summed E-state index contributed by atoms with van der Waals surface area (Å²) in [5, 5.41) is 17.5. The van der Waals surface area contributed by atoms with Crippen LogP contribution < -0.4 is 4.74 Å². The molecule has 0 bridgehead atoms. The molecule has 0 saturated carbocycles. The van der Waals surface area contributed by atoms with Crippen LogP contribution in [0.3, 0.4) is 0 Å². The van der Waals surface area contributed by atoms with Crippen LogP contribution in [0.4, 0.5) is 8.78 Å². The fraction of sp³-hybridized carbons (Fsp3) is 0.200. The molecule has 7 heteroatoms. The number of rotatable bonds is 4. The summed E-state index contributed by atoms with van der Waals surface area (Å²) in [6.07, 6.45) is 0. The zero-order chi connectivity index (χ0) is 13.0. The summed E-state index contributed by atoms with van der Waals surface area (Å²) in [5.74, 6) is -2.22. The van der Waals surface area contributed by atoms with Gasteiger partial charge in [-0.2, -0.15) is 14.0 Å². The first-order chi connectivity index (χ1) is 7.99. The molecule has 0 aromatic heterocycles. The Morgan fingerprint density at radius 1 is 1.59 bits per heavy atom. The van der Waals surface area contributed by atoms with E-state index in [1.807, 2.05) is 0 Å². The zero-order valence-electron chi connectivity index (χ0n) is 8.28. The number of ether oxygens (including phenoxy) is 1. The second-order valence-electron chi connectivity index (χ2n) is 2.94. The number of nitriles is 1. The van der Waals surface area contributed by atoms with E-state index in [0.717, 1.165) is 6.07 Å². The van der Waals surface area contributed by atoms with Crippen molar-refractivity contribution in [3.63, 3.8) is 0 Å². The van der Waals surface area contributed by atoms with E-state index in [9.17, 15) is 13.6 Å². The second-order valence-corrected chi connectivity index (χ2v) is 3.21. The lowest BCUT2D eigenvalue weighted by Crippen LogP contribution is -2.10. The van der Waals surface area contributed by atoms with E-state index in [4.69, 9.17) is 22.0 Å². The van der Waals surface area contributed by atoms with Gasteiger partial charge in [0, 0.05) is 5.56 Å². The van der Waals surface area contributed by atoms with Gasteiger partial charge in [-0.1, -0.05) is 0 Å². The van der Waals surface area contributed by atoms with Gasteiger partial charge in [-0.3, -0.25) is 0 Å². The van der Waals surface area contributed by atoms with Crippen LogP contribution in [-0.4, -0.2) is 17.7 Å². The van der Waals surface area contributed by atoms with Crippen LogP contribution in [0.2, 0.25) is 0 Å². The van der Waals surface area contributed by atoms with Gasteiger partial charge in [0.25, 0.3) is 0 Å². The van der Waals surface area contributed by atoms with Crippen molar-refractivity contribution in [3.8, 4) is 11.8 Å². The molecule has 0 aliphatic rings. The Morgan fingerprint density at radius 3 is 2.65 bits per heavy atom. The summed E-state index contributed by atoms with van der Waals surface area (Å²) in [5.41, 5.74) is -0.469. The van der Waals surface area contributed by atoms with Crippen molar-refractivity contribution in [2.24, 2.45) is 0 Å². The summed E-state index contributed by atoms with van der Waals surface area (Å²) < 4.78 is 28.4. The Balaban J connectivity index is 3.42. The molecule has 4 nitrogen and oxygen atoms in total. The van der Waals surface area contributed by atoms with Crippen LogP contribution in [0.5, 0.6) is 5.75 Å². The van der Waals surface area contributed by atoms with E-state index in [2.05, 4.69) is 4.74 Å². The number of hydrogen-bond acceptors (Lipinski definition) is 3. The molecule has 0 aliphatic heterocycles. The van der Waals surface area contributed by atoms with Crippen molar-refractivity contribution in [2.75, 3.05) is 0 Å². The van der Waals surface area contributed by atoms with Crippen LogP contribution in [0, 0.1) is 11.3 Å². The average molecular weight is 262 g/mol. The molecule has 1 aromatic rings. The van der Waals surface area contributed by atoms with E-state index in [1.54, 1.807) is 6.07 Å². The third kappa shape index (κ3) is 3.04. The highest BCUT2D eigenvalue weighted by atomic mass is 35.5. The van der Waals surface area contributed by atoms with Gasteiger partial charge in [0.05, 0.1) is 17.5 Å². The van der Waals surface area contributed by atoms with Crippen molar-refractivity contribution in [3.05, 3.63) is 28.8 Å². The van der Waals surface area contributed by atoms with E-state index in [-0.39, 0.29) is 17.0 Å². The monoisotopic (exact) mass is 261 g/mol. The SMILES string of the molecule is N#Cc1cc(CCl)c(OC(F)F)c(C(=O)O)c1. The summed E-state index contributed by atoms with van der Waals surface area (Å²) >= 11 is 5.49. The predicted octanol–water partition coefficient (Wildman–Crippen LogP) is 2.60. The smallest absolute Gasteiger partial charge is 0.387 e. The topological polar surface area (TPSA) is 70.3 Å². The number of carboxylic acid groups (broad SMARTS) is 1. The Morgan fingerprint density at radius 2 is 2.24 bits per heavy atom. The number of carbonyl (C=O) groups is 1. The molecular formula is C10H6ClF2NO3. The summed E-state index contributed by atoms with van der Waals surface area (Å²) in [4.78, 5) is 10.9. The van der Waals surface area contributed by atoms with Gasteiger partial charge in [-0.15, -0.1) is 11.6 Å². The molecule has 0 amide bonds. The number of hydrogen-bond donors (Lipinski definition) is 1. The molecular weight excluding hydrogens is 256 g/mol. The van der Waals surface area contributed by atoms with E-state index >= 15 is 0 Å². The molecule has 90 valence electrons. The minimum absolute atomic E-state index is 0.0136. The standard InChI is InChI=1S/C10H6ClF2NO3/c11-3-6-1-5(4-14)2-7(9(15)16)8(6)17-10(12)13/h1-2,10H,3H2,(H,15,16). The van der Waals surface area contributed by atoms with Crippen LogP contribution >= 0.6 is 11.6 Å². The Kier molecular flexibility index (Phi) is 4.24. The highest BCUT2D eigenvalue weighted by Crippen LogP contribution is 2.29. The quantitative estimate of drug-likeness (QED) is 0.846. The average Bonchev–Trinajstić information content (AvgIpc) is 2.28. The van der Waals surface area contributed by atoms with Crippen LogP contribution in [0.25, 0.3) is 0 Å². The van der Waals surface area contributed by atoms with E-state index in [1.165, 1.54) is 6.07 Å². The lowest BCUT2D eigenvalue weighted by Gasteiger charge is -2.12. The molecule has 0 radical (unpaired) electrons. The Labute approximate surface area is 100.0 Å². The van der Waals surface area contributed by atoms with Crippen molar-refractivity contribution in [1.29, 1.82) is 5.26 Å². The summed E-state index contributed by atoms with van der Waals surface area (Å²) in [7, 11) is 0. The molecule has 0 fully saturated rings. The van der Waals surface area contributed by atoms with E-state index < -0.39 is 23.9 Å². The summed E-state index contributed by atoms with van der Waals surface area (Å²) in [6, 6.07) is 3.87. The minimum atomic E-state index is -3.16. The highest BCUT2D eigenvalue weighted by Gasteiger charge is 2.20. The van der Waals surface area contributed by atoms with Gasteiger partial charge in [-0.25, -0.2) is 4.79 Å². The number of benzene rings is 1. The molecule has 0 atom stereocenters. The normalized spacial score (nSPS) is 10.1. The van der Waals surface area contributed by atoms with Gasteiger partial charge >= 0.3 is 12.6 Å². The molecule has 0 spiro atoms. The molecule has 17 heavy (non-hydrogen) atoms. The Hall–Kier alpha value is -1.87. The number of nitrogens with zero attached hydrogens (tertiary/aromatic N) is 1. The molecule has 0 heterocycles. The predicted molar refractivity (Wildman–Crippen MR) is 54.3 cm³/mol. The van der Waals surface area contributed by atoms with Gasteiger partial charge in [-0.05, 0) is 12.1 Å². The third-order valence-electron chi connectivity index (χ3n) is 1.88. The van der Waals surface area contributed by atoms with E-state index in [0.29, 0.717) is 0 Å². The highest BCUT2D eigenvalue weighted by molar-refractivity contribution is 6.17. The van der Waals surface area contributed by atoms with Crippen molar-refractivity contribution in [2.45, 2.75) is 12.5 Å². The number of aromatic carboxylic acids is 1. The lowest BCUT2D eigenvalue weighted by molar-refractivity contribution is -0.0508. The van der Waals surface area contributed by atoms with Crippen LogP contribution in [0.1, 0.15) is 21.5 Å². The molecule has 1 N–H and O–H groups in total. The summed E-state index contributed by atoms with van der Waals surface area (Å²) in [6.45, 7) is -3.16. The number of alkyl halides is 3. The maximum atomic E-state index is 12.1. The lowest BCUT2D eigenvalue weighted by atomic mass is 10.1. The van der Waals surface area contributed by atoms with Gasteiger partial charge in [0.2, 0.25) is 0 Å². The first kappa shape index (κ1) is 13.2. The van der Waals surface area contributed by atoms with Crippen molar-refractivity contribution < 1.29 is 23.4 Å². The van der Waals surface area contributed by atoms with Crippen molar-refractivity contribution >= 4 is 17.6 Å². The van der Waals surface area contributed by atoms with Crippen molar-refractivity contribution in [1.82, 2.24) is 0 Å². The molecule has 0 aliphatic carbocycles. The fourth-order valence-electron chi connectivity index (χ4n) is 1.24. The fourth-order valence-corrected chi connectivity index (χ4v) is 1.44. The number of halogens is 3. The Bertz CT molecular complexity index is 485. The first-order valence-electron chi connectivity index (χ1n) is 4.30. The van der Waals surface area contributed by atoms with Gasteiger partial charge in [0.1, 0.15) is 11.3 Å². The van der Waals surface area contributed by atoms with Crippen LogP contribution in [0.15, 0.2) is 12.1 Å². The van der Waals surface area contributed by atoms with Gasteiger partial charge in [0.15, 0.2) is 0 Å². The first-order valence-corrected chi connectivity index (χ1v) is 4.84. The maximum Gasteiger partial charge on any atom is 0.387 e. The largest absolute Gasteiger partial charge is 0.478 e. The molecule has 0 unspecified atom stereocenters. The number of carboxylic acids is 1. The molecule has 0 saturated heterocycles. The van der Waals surface area contributed by atoms with Crippen LogP contribution in [-0.2, 0) is 5.88 Å². The molecule has 1 rings (SSSR count). The second kappa shape index (κ2) is 5.46.